The predicted molar refractivity (Wildman–Crippen MR) is 79.6 cm³/mol. The molecule has 2 N–H and O–H groups in total. The van der Waals surface area contributed by atoms with Gasteiger partial charge in [-0.15, -0.1) is 0 Å². The number of benzene rings is 1. The molecule has 1 rings (SSSR count). The standard InChI is InChI=1S/C16H27FN2/c1-4-7-11-19(6-3)16(15(18)5-2)13-9-8-10-14(17)12-13/h8-10,12,15-16H,4-7,11,18H2,1-3H3. The molecule has 0 saturated carbocycles. The fraction of sp³-hybridized carbons (Fsp3) is 0.625. The van der Waals surface area contributed by atoms with E-state index >= 15 is 0 Å². The molecular weight excluding hydrogens is 239 g/mol. The average molecular weight is 266 g/mol. The quantitative estimate of drug-likeness (QED) is 0.777. The first-order chi connectivity index (χ1) is 9.13. The Kier molecular flexibility index (Phi) is 7.03. The molecule has 0 aliphatic rings. The fourth-order valence-corrected chi connectivity index (χ4v) is 2.50. The minimum Gasteiger partial charge on any atom is -0.326 e. The monoisotopic (exact) mass is 266 g/mol. The number of rotatable bonds is 8. The molecule has 0 bridgehead atoms. The smallest absolute Gasteiger partial charge is 0.123 e. The largest absolute Gasteiger partial charge is 0.326 e. The van der Waals surface area contributed by atoms with Gasteiger partial charge >= 0.3 is 0 Å². The molecular formula is C16H27FN2. The molecule has 108 valence electrons. The van der Waals surface area contributed by atoms with Gasteiger partial charge in [-0.25, -0.2) is 4.39 Å². The maximum absolute atomic E-state index is 13.5. The first kappa shape index (κ1) is 16.1. The van der Waals surface area contributed by atoms with Gasteiger partial charge < -0.3 is 5.73 Å². The highest BCUT2D eigenvalue weighted by Crippen LogP contribution is 2.26. The SMILES string of the molecule is CCCCN(CC)C(c1cccc(F)c1)C(N)CC. The van der Waals surface area contributed by atoms with Crippen molar-refractivity contribution in [3.63, 3.8) is 0 Å². The first-order valence-corrected chi connectivity index (χ1v) is 7.39. The fourth-order valence-electron chi connectivity index (χ4n) is 2.50. The molecule has 3 heteroatoms. The second-order valence-electron chi connectivity index (χ2n) is 5.05. The van der Waals surface area contributed by atoms with E-state index in [-0.39, 0.29) is 17.9 Å². The molecule has 2 unspecified atom stereocenters. The van der Waals surface area contributed by atoms with Gasteiger partial charge in [-0.2, -0.15) is 0 Å². The van der Waals surface area contributed by atoms with Gasteiger partial charge in [-0.05, 0) is 43.6 Å². The Labute approximate surface area is 116 Å². The van der Waals surface area contributed by atoms with Crippen molar-refractivity contribution >= 4 is 0 Å². The van der Waals surface area contributed by atoms with Gasteiger partial charge in [-0.3, -0.25) is 4.90 Å². The van der Waals surface area contributed by atoms with Crippen molar-refractivity contribution in [1.82, 2.24) is 4.90 Å². The molecule has 2 nitrogen and oxygen atoms in total. The Balaban J connectivity index is 2.98. The molecule has 0 fully saturated rings. The van der Waals surface area contributed by atoms with Gasteiger partial charge in [0.05, 0.1) is 0 Å². The van der Waals surface area contributed by atoms with Gasteiger partial charge in [0.15, 0.2) is 0 Å². The van der Waals surface area contributed by atoms with E-state index in [1.165, 1.54) is 6.07 Å². The Bertz CT molecular complexity index is 368. The molecule has 0 radical (unpaired) electrons. The third-order valence-electron chi connectivity index (χ3n) is 3.67. The number of halogens is 1. The molecule has 0 spiro atoms. The van der Waals surface area contributed by atoms with Crippen LogP contribution in [0.3, 0.4) is 0 Å². The summed E-state index contributed by atoms with van der Waals surface area (Å²) in [5.41, 5.74) is 7.28. The van der Waals surface area contributed by atoms with E-state index in [0.717, 1.165) is 37.9 Å². The Hall–Kier alpha value is -0.930. The van der Waals surface area contributed by atoms with Crippen LogP contribution in [0, 0.1) is 5.82 Å². The number of nitrogens with two attached hydrogens (primary N) is 1. The minimum atomic E-state index is -0.183. The third kappa shape index (κ3) is 4.59. The van der Waals surface area contributed by atoms with Crippen molar-refractivity contribution in [2.45, 2.75) is 52.1 Å². The summed E-state index contributed by atoms with van der Waals surface area (Å²) < 4.78 is 13.5. The summed E-state index contributed by atoms with van der Waals surface area (Å²) >= 11 is 0. The van der Waals surface area contributed by atoms with Crippen LogP contribution in [0.1, 0.15) is 51.6 Å². The lowest BCUT2D eigenvalue weighted by atomic mass is 9.96. The Morgan fingerprint density at radius 2 is 2.00 bits per heavy atom. The summed E-state index contributed by atoms with van der Waals surface area (Å²) in [6, 6.07) is 7.01. The number of nitrogens with zero attached hydrogens (tertiary/aromatic N) is 1. The zero-order chi connectivity index (χ0) is 14.3. The van der Waals surface area contributed by atoms with Gasteiger partial charge in [0, 0.05) is 12.1 Å². The maximum atomic E-state index is 13.5. The summed E-state index contributed by atoms with van der Waals surface area (Å²) in [4.78, 5) is 2.37. The zero-order valence-electron chi connectivity index (χ0n) is 12.4. The van der Waals surface area contributed by atoms with Crippen molar-refractivity contribution in [2.24, 2.45) is 5.73 Å². The van der Waals surface area contributed by atoms with E-state index in [9.17, 15) is 4.39 Å². The lowest BCUT2D eigenvalue weighted by molar-refractivity contribution is 0.175. The lowest BCUT2D eigenvalue weighted by Crippen LogP contribution is -2.41. The van der Waals surface area contributed by atoms with Gasteiger partial charge in [0.25, 0.3) is 0 Å². The van der Waals surface area contributed by atoms with Crippen LogP contribution < -0.4 is 5.73 Å². The average Bonchev–Trinajstić information content (AvgIpc) is 2.42. The Morgan fingerprint density at radius 1 is 1.26 bits per heavy atom. The highest BCUT2D eigenvalue weighted by Gasteiger charge is 2.24. The predicted octanol–water partition coefficient (Wildman–Crippen LogP) is 3.73. The number of hydrogen-bond donors (Lipinski definition) is 1. The molecule has 1 aromatic carbocycles. The summed E-state index contributed by atoms with van der Waals surface area (Å²) in [6.07, 6.45) is 3.20. The maximum Gasteiger partial charge on any atom is 0.123 e. The molecule has 0 saturated heterocycles. The van der Waals surface area contributed by atoms with E-state index in [2.05, 4.69) is 25.7 Å². The van der Waals surface area contributed by atoms with Crippen LogP contribution in [0.15, 0.2) is 24.3 Å². The van der Waals surface area contributed by atoms with Crippen molar-refractivity contribution in [3.8, 4) is 0 Å². The highest BCUT2D eigenvalue weighted by molar-refractivity contribution is 5.22. The molecule has 1 aromatic rings. The van der Waals surface area contributed by atoms with E-state index in [1.807, 2.05) is 6.07 Å². The van der Waals surface area contributed by atoms with E-state index < -0.39 is 0 Å². The van der Waals surface area contributed by atoms with Crippen LogP contribution in [-0.2, 0) is 0 Å². The minimum absolute atomic E-state index is 0.0404. The second-order valence-corrected chi connectivity index (χ2v) is 5.05. The van der Waals surface area contributed by atoms with Crippen LogP contribution in [-0.4, -0.2) is 24.0 Å². The normalized spacial score (nSPS) is 14.6. The van der Waals surface area contributed by atoms with E-state index in [4.69, 9.17) is 5.73 Å². The molecule has 2 atom stereocenters. The van der Waals surface area contributed by atoms with Crippen LogP contribution >= 0.6 is 0 Å². The topological polar surface area (TPSA) is 29.3 Å². The van der Waals surface area contributed by atoms with E-state index in [0.29, 0.717) is 0 Å². The summed E-state index contributed by atoms with van der Waals surface area (Å²) in [7, 11) is 0. The summed E-state index contributed by atoms with van der Waals surface area (Å²) in [5, 5.41) is 0. The zero-order valence-corrected chi connectivity index (χ0v) is 12.4. The molecule has 0 aromatic heterocycles. The second kappa shape index (κ2) is 8.28. The number of hydrogen-bond acceptors (Lipinski definition) is 2. The lowest BCUT2D eigenvalue weighted by Gasteiger charge is -2.35. The van der Waals surface area contributed by atoms with Crippen molar-refractivity contribution in [2.75, 3.05) is 13.1 Å². The van der Waals surface area contributed by atoms with Gasteiger partial charge in [-0.1, -0.05) is 39.3 Å². The first-order valence-electron chi connectivity index (χ1n) is 7.39. The van der Waals surface area contributed by atoms with Crippen molar-refractivity contribution < 1.29 is 4.39 Å². The van der Waals surface area contributed by atoms with Crippen molar-refractivity contribution in [1.29, 1.82) is 0 Å². The molecule has 0 amide bonds. The third-order valence-corrected chi connectivity index (χ3v) is 3.67. The van der Waals surface area contributed by atoms with Gasteiger partial charge in [0.2, 0.25) is 0 Å². The molecule has 0 aliphatic carbocycles. The molecule has 0 heterocycles. The number of likely N-dealkylation sites (N-methyl/N-ethyl adjacent to an activating group) is 1. The summed E-state index contributed by atoms with van der Waals surface area (Å²) in [6.45, 7) is 8.37. The van der Waals surface area contributed by atoms with Crippen LogP contribution in [0.4, 0.5) is 4.39 Å². The van der Waals surface area contributed by atoms with E-state index in [1.54, 1.807) is 12.1 Å². The highest BCUT2D eigenvalue weighted by atomic mass is 19.1. The Morgan fingerprint density at radius 3 is 2.53 bits per heavy atom. The van der Waals surface area contributed by atoms with Gasteiger partial charge in [0.1, 0.15) is 5.82 Å². The molecule has 0 aliphatic heterocycles. The van der Waals surface area contributed by atoms with Crippen LogP contribution in [0.5, 0.6) is 0 Å². The number of unbranched alkanes of at least 4 members (excludes halogenated alkanes) is 1. The van der Waals surface area contributed by atoms with Crippen LogP contribution in [0.2, 0.25) is 0 Å². The summed E-state index contributed by atoms with van der Waals surface area (Å²) in [5.74, 6) is -0.183. The van der Waals surface area contributed by atoms with Crippen LogP contribution in [0.25, 0.3) is 0 Å². The molecule has 19 heavy (non-hydrogen) atoms. The van der Waals surface area contributed by atoms with Crippen molar-refractivity contribution in [3.05, 3.63) is 35.6 Å².